The number of nitrogens with zero attached hydrogens (tertiary/aromatic N) is 3. The van der Waals surface area contributed by atoms with Crippen LogP contribution in [0, 0.1) is 0 Å². The van der Waals surface area contributed by atoms with Crippen molar-refractivity contribution < 1.29 is 4.42 Å². The number of hydrogen-bond donors (Lipinski definition) is 0. The van der Waals surface area contributed by atoms with E-state index >= 15 is 0 Å². The summed E-state index contributed by atoms with van der Waals surface area (Å²) in [6.45, 7) is 0. The van der Waals surface area contributed by atoms with Gasteiger partial charge in [-0.2, -0.15) is 0 Å². The van der Waals surface area contributed by atoms with Gasteiger partial charge in [-0.3, -0.25) is 0 Å². The highest BCUT2D eigenvalue weighted by molar-refractivity contribution is 6.18. The second-order valence-corrected chi connectivity index (χ2v) is 13.6. The lowest BCUT2D eigenvalue weighted by atomic mass is 9.99. The van der Waals surface area contributed by atoms with Crippen molar-refractivity contribution in [3.8, 4) is 22.6 Å². The van der Waals surface area contributed by atoms with Gasteiger partial charge in [0, 0.05) is 45.1 Å². The van der Waals surface area contributed by atoms with Crippen molar-refractivity contribution >= 4 is 66.8 Å². The fourth-order valence-electron chi connectivity index (χ4n) is 7.63. The molecule has 9 aromatic carbocycles. The van der Waals surface area contributed by atoms with Gasteiger partial charge >= 0.3 is 0 Å². The highest BCUT2D eigenvalue weighted by atomic mass is 16.3. The third-order valence-electron chi connectivity index (χ3n) is 10.2. The molecule has 0 spiro atoms. The summed E-state index contributed by atoms with van der Waals surface area (Å²) in [4.78, 5) is 9.59. The van der Waals surface area contributed by atoms with Gasteiger partial charge < -0.3 is 14.2 Å². The molecule has 0 unspecified atom stereocenters. The van der Waals surface area contributed by atoms with Gasteiger partial charge in [-0.15, -0.1) is 0 Å². The minimum atomic E-state index is 0.619. The van der Waals surface area contributed by atoms with Crippen LogP contribution in [0.3, 0.4) is 0 Å². The lowest BCUT2D eigenvalue weighted by Gasteiger charge is -2.29. The van der Waals surface area contributed by atoms with E-state index < -0.39 is 0 Å². The Bertz CT molecular complexity index is 2890. The topological polar surface area (TPSA) is 32.5 Å². The molecular formula is C51H35N3O. The monoisotopic (exact) mass is 705 g/mol. The maximum atomic E-state index is 6.61. The number of rotatable bonds is 8. The van der Waals surface area contributed by atoms with Crippen LogP contribution in [0.15, 0.2) is 217 Å². The van der Waals surface area contributed by atoms with E-state index in [-0.39, 0.29) is 0 Å². The SMILES string of the molecule is c1ccc(-c2cccc(N(c3cccc(N(c4ccccc4)c4ccccc4)c3)c3ccc4ccc5ccc6nc(-c7ccccc7)oc6c5c4c3)c2)cc1. The molecule has 0 saturated heterocycles. The molecule has 10 rings (SSSR count). The highest BCUT2D eigenvalue weighted by Gasteiger charge is 2.20. The van der Waals surface area contributed by atoms with Crippen molar-refractivity contribution in [1.29, 1.82) is 0 Å². The van der Waals surface area contributed by atoms with Crippen molar-refractivity contribution in [2.24, 2.45) is 0 Å². The first kappa shape index (κ1) is 32.2. The van der Waals surface area contributed by atoms with Gasteiger partial charge in [-0.25, -0.2) is 4.98 Å². The van der Waals surface area contributed by atoms with E-state index in [1.165, 1.54) is 5.56 Å². The van der Waals surface area contributed by atoms with Crippen LogP contribution in [0.4, 0.5) is 34.1 Å². The number of hydrogen-bond acceptors (Lipinski definition) is 4. The summed E-state index contributed by atoms with van der Waals surface area (Å²) < 4.78 is 6.61. The van der Waals surface area contributed by atoms with Gasteiger partial charge in [0.2, 0.25) is 5.89 Å². The lowest BCUT2D eigenvalue weighted by Crippen LogP contribution is -2.13. The quantitative estimate of drug-likeness (QED) is 0.147. The predicted molar refractivity (Wildman–Crippen MR) is 229 cm³/mol. The molecule has 0 saturated carbocycles. The summed E-state index contributed by atoms with van der Waals surface area (Å²) in [7, 11) is 0. The molecule has 10 aromatic rings. The summed E-state index contributed by atoms with van der Waals surface area (Å²) in [5.74, 6) is 0.619. The third-order valence-corrected chi connectivity index (χ3v) is 10.2. The first-order chi connectivity index (χ1) is 27.3. The van der Waals surface area contributed by atoms with E-state index in [1.807, 2.05) is 30.3 Å². The Balaban J connectivity index is 1.19. The fourth-order valence-corrected chi connectivity index (χ4v) is 7.63. The first-order valence-electron chi connectivity index (χ1n) is 18.5. The van der Waals surface area contributed by atoms with E-state index in [9.17, 15) is 0 Å². The second-order valence-electron chi connectivity index (χ2n) is 13.6. The fraction of sp³-hybridized carbons (Fsp3) is 0. The van der Waals surface area contributed by atoms with Gasteiger partial charge in [-0.05, 0) is 112 Å². The van der Waals surface area contributed by atoms with Crippen LogP contribution in [0.2, 0.25) is 0 Å². The number of anilines is 6. The number of aromatic nitrogens is 1. The lowest BCUT2D eigenvalue weighted by molar-refractivity contribution is 0.623. The Hall–Kier alpha value is -7.43. The van der Waals surface area contributed by atoms with Crippen molar-refractivity contribution in [1.82, 2.24) is 4.98 Å². The number of para-hydroxylation sites is 2. The summed E-state index contributed by atoms with van der Waals surface area (Å²) in [5.41, 5.74) is 11.3. The maximum absolute atomic E-state index is 6.61. The van der Waals surface area contributed by atoms with Gasteiger partial charge in [0.15, 0.2) is 5.58 Å². The number of oxazole rings is 1. The average Bonchev–Trinajstić information content (AvgIpc) is 3.70. The van der Waals surface area contributed by atoms with E-state index in [4.69, 9.17) is 9.40 Å². The Morgan fingerprint density at radius 1 is 0.345 bits per heavy atom. The Morgan fingerprint density at radius 3 is 1.49 bits per heavy atom. The van der Waals surface area contributed by atoms with Crippen LogP contribution in [-0.2, 0) is 0 Å². The molecule has 0 aliphatic heterocycles. The Labute approximate surface area is 319 Å². The molecule has 55 heavy (non-hydrogen) atoms. The van der Waals surface area contributed by atoms with E-state index in [1.54, 1.807) is 0 Å². The molecular weight excluding hydrogens is 671 g/mol. The van der Waals surface area contributed by atoms with Gasteiger partial charge in [0.25, 0.3) is 0 Å². The van der Waals surface area contributed by atoms with Crippen LogP contribution >= 0.6 is 0 Å². The smallest absolute Gasteiger partial charge is 0.227 e. The van der Waals surface area contributed by atoms with E-state index in [0.29, 0.717) is 5.89 Å². The number of fused-ring (bicyclic) bond motifs is 5. The zero-order chi connectivity index (χ0) is 36.6. The van der Waals surface area contributed by atoms with E-state index in [2.05, 4.69) is 192 Å². The van der Waals surface area contributed by atoms with Crippen molar-refractivity contribution in [3.05, 3.63) is 212 Å². The third kappa shape index (κ3) is 6.06. The Kier molecular flexibility index (Phi) is 8.12. The van der Waals surface area contributed by atoms with Crippen LogP contribution in [0.25, 0.3) is 55.2 Å². The molecule has 0 amide bonds. The molecule has 4 nitrogen and oxygen atoms in total. The van der Waals surface area contributed by atoms with Gasteiger partial charge in [0.1, 0.15) is 5.52 Å². The van der Waals surface area contributed by atoms with Crippen molar-refractivity contribution in [2.45, 2.75) is 0 Å². The molecule has 0 fully saturated rings. The zero-order valence-electron chi connectivity index (χ0n) is 30.0. The molecule has 0 aliphatic rings. The van der Waals surface area contributed by atoms with Crippen molar-refractivity contribution in [3.63, 3.8) is 0 Å². The van der Waals surface area contributed by atoms with E-state index in [0.717, 1.165) is 77.9 Å². The molecule has 0 N–H and O–H groups in total. The molecule has 0 bridgehead atoms. The second kappa shape index (κ2) is 13.8. The minimum absolute atomic E-state index is 0.619. The maximum Gasteiger partial charge on any atom is 0.227 e. The summed E-state index contributed by atoms with van der Waals surface area (Å²) in [6, 6.07) is 74.7. The average molecular weight is 706 g/mol. The first-order valence-corrected chi connectivity index (χ1v) is 18.5. The van der Waals surface area contributed by atoms with Crippen LogP contribution in [0.1, 0.15) is 0 Å². The number of benzene rings is 9. The van der Waals surface area contributed by atoms with Gasteiger partial charge in [-0.1, -0.05) is 127 Å². The van der Waals surface area contributed by atoms with Crippen LogP contribution in [0.5, 0.6) is 0 Å². The minimum Gasteiger partial charge on any atom is -0.435 e. The largest absolute Gasteiger partial charge is 0.435 e. The van der Waals surface area contributed by atoms with Crippen LogP contribution < -0.4 is 9.80 Å². The molecule has 1 aromatic heterocycles. The van der Waals surface area contributed by atoms with Crippen LogP contribution in [-0.4, -0.2) is 4.98 Å². The summed E-state index contributed by atoms with van der Waals surface area (Å²) in [5, 5.41) is 4.39. The summed E-state index contributed by atoms with van der Waals surface area (Å²) >= 11 is 0. The standard InChI is InChI=1S/C51H35N3O/c1-5-15-36(16-6-1)40-19-13-24-43(33-40)54(45-26-14-25-44(34-45)53(41-20-9-3-10-21-41)42-22-11-4-12-23-42)46-31-29-37-27-28-38-30-32-48-50(49(38)47(37)35-46)55-51(52-48)39-17-7-2-8-18-39/h1-35H. The predicted octanol–water partition coefficient (Wildman–Crippen LogP) is 14.4. The van der Waals surface area contributed by atoms with Crippen molar-refractivity contribution in [2.75, 3.05) is 9.80 Å². The van der Waals surface area contributed by atoms with Gasteiger partial charge in [0.05, 0.1) is 0 Å². The molecule has 4 heteroatoms. The molecule has 0 atom stereocenters. The zero-order valence-corrected chi connectivity index (χ0v) is 30.0. The molecule has 1 heterocycles. The highest BCUT2D eigenvalue weighted by Crippen LogP contribution is 2.43. The molecule has 0 aliphatic carbocycles. The molecule has 260 valence electrons. The Morgan fingerprint density at radius 2 is 0.818 bits per heavy atom. The molecule has 0 radical (unpaired) electrons. The summed E-state index contributed by atoms with van der Waals surface area (Å²) in [6.07, 6.45) is 0. The normalized spacial score (nSPS) is 11.3.